The molecule has 0 aliphatic rings. The molecule has 0 unspecified atom stereocenters. The topological polar surface area (TPSA) is 21.3 Å². The van der Waals surface area contributed by atoms with E-state index in [1.54, 1.807) is 0 Å². The minimum atomic E-state index is -0.267. The minimum Gasteiger partial charge on any atom is -0.457 e. The van der Waals surface area contributed by atoms with Gasteiger partial charge in [-0.2, -0.15) is 0 Å². The van der Waals surface area contributed by atoms with Gasteiger partial charge in [-0.05, 0) is 6.54 Å². The van der Waals surface area contributed by atoms with Crippen molar-refractivity contribution in [1.29, 1.82) is 0 Å². The van der Waals surface area contributed by atoms with E-state index in [1.165, 1.54) is 0 Å². The first kappa shape index (κ1) is 6.35. The Labute approximate surface area is 43.8 Å². The number of rotatable bonds is 3. The molecule has 1 N–H and O–H groups in total. The maximum absolute atomic E-state index is 4.95. The van der Waals surface area contributed by atoms with Crippen molar-refractivity contribution in [3.05, 3.63) is 0 Å². The SMILES string of the molecule is CCN[SiH2]O[SiH3]. The van der Waals surface area contributed by atoms with Crippen LogP contribution in [0.15, 0.2) is 0 Å². The van der Waals surface area contributed by atoms with E-state index in [4.69, 9.17) is 4.12 Å². The largest absolute Gasteiger partial charge is 0.457 e. The molecular weight excluding hydrogens is 110 g/mol. The monoisotopic (exact) mass is 121 g/mol. The fourth-order valence-electron chi connectivity index (χ4n) is 0.204. The first-order valence-electron chi connectivity index (χ1n) is 2.11. The summed E-state index contributed by atoms with van der Waals surface area (Å²) in [6.45, 7) is 3.15. The van der Waals surface area contributed by atoms with Crippen molar-refractivity contribution in [2.45, 2.75) is 6.92 Å². The average Bonchev–Trinajstić information content (AvgIpc) is 1.61. The second-order valence-electron chi connectivity index (χ2n) is 1.04. The molecule has 2 nitrogen and oxygen atoms in total. The van der Waals surface area contributed by atoms with Crippen LogP contribution in [0.5, 0.6) is 0 Å². The molecule has 4 heteroatoms. The Hall–Kier alpha value is 0.354. The highest BCUT2D eigenvalue weighted by atomic mass is 28.3. The van der Waals surface area contributed by atoms with E-state index in [0.717, 1.165) is 17.0 Å². The number of hydrogen-bond donors (Lipinski definition) is 1. The second kappa shape index (κ2) is 5.35. The maximum Gasteiger partial charge on any atom is 0.223 e. The third kappa shape index (κ3) is 4.35. The fourth-order valence-corrected chi connectivity index (χ4v) is 1.22. The Kier molecular flexibility index (Phi) is 5.67. The summed E-state index contributed by atoms with van der Waals surface area (Å²) in [7, 11) is 0.636. The van der Waals surface area contributed by atoms with Crippen molar-refractivity contribution in [2.75, 3.05) is 6.54 Å². The predicted molar refractivity (Wildman–Crippen MR) is 33.2 cm³/mol. The summed E-state index contributed by atoms with van der Waals surface area (Å²) in [5, 5.41) is 0. The average molecular weight is 121 g/mol. The Morgan fingerprint density at radius 1 is 2.00 bits per heavy atom. The second-order valence-corrected chi connectivity index (χ2v) is 4.13. The zero-order chi connectivity index (χ0) is 4.83. The molecule has 38 valence electrons. The van der Waals surface area contributed by atoms with Crippen LogP contribution >= 0.6 is 0 Å². The molecule has 0 bridgehead atoms. The standard InChI is InChI=1S/C2H11NOSi2/c1-2-3-6-4-5/h3H,2,6H2,1,5H3. The van der Waals surface area contributed by atoms with Crippen LogP contribution in [0.25, 0.3) is 0 Å². The number of nitrogens with one attached hydrogen (secondary N) is 1. The third-order valence-electron chi connectivity index (χ3n) is 0.496. The molecule has 0 aliphatic heterocycles. The van der Waals surface area contributed by atoms with Crippen LogP contribution in [0.1, 0.15) is 6.92 Å². The summed E-state index contributed by atoms with van der Waals surface area (Å²) < 4.78 is 4.95. The van der Waals surface area contributed by atoms with Gasteiger partial charge in [-0.1, -0.05) is 6.92 Å². The third-order valence-corrected chi connectivity index (χ3v) is 2.36. The highest BCUT2D eigenvalue weighted by Crippen LogP contribution is 1.49. The van der Waals surface area contributed by atoms with Gasteiger partial charge in [-0.3, -0.25) is 0 Å². The summed E-state index contributed by atoms with van der Waals surface area (Å²) in [4.78, 5) is 3.15. The Bertz CT molecular complexity index is 23.5. The normalized spacial score (nSPS) is 11.5. The first-order valence-corrected chi connectivity index (χ1v) is 4.21. The van der Waals surface area contributed by atoms with E-state index in [9.17, 15) is 0 Å². The van der Waals surface area contributed by atoms with E-state index < -0.39 is 0 Å². The van der Waals surface area contributed by atoms with Crippen molar-refractivity contribution in [3.63, 3.8) is 0 Å². The molecule has 0 aromatic carbocycles. The molecule has 0 saturated carbocycles. The van der Waals surface area contributed by atoms with Crippen molar-refractivity contribution in [3.8, 4) is 0 Å². The summed E-state index contributed by atoms with van der Waals surface area (Å²) in [6, 6.07) is 0. The van der Waals surface area contributed by atoms with Gasteiger partial charge < -0.3 is 9.10 Å². The van der Waals surface area contributed by atoms with Crippen LogP contribution < -0.4 is 4.98 Å². The van der Waals surface area contributed by atoms with Crippen LogP contribution in [-0.2, 0) is 4.12 Å². The Morgan fingerprint density at radius 2 is 2.67 bits per heavy atom. The highest BCUT2D eigenvalue weighted by Gasteiger charge is 1.72. The van der Waals surface area contributed by atoms with Crippen molar-refractivity contribution < 1.29 is 4.12 Å². The highest BCUT2D eigenvalue weighted by molar-refractivity contribution is 6.31. The van der Waals surface area contributed by atoms with Crippen molar-refractivity contribution in [1.82, 2.24) is 4.98 Å². The molecule has 0 aliphatic carbocycles. The lowest BCUT2D eigenvalue weighted by Gasteiger charge is -1.93. The van der Waals surface area contributed by atoms with E-state index >= 15 is 0 Å². The molecule has 0 radical (unpaired) electrons. The molecule has 0 aromatic rings. The summed E-state index contributed by atoms with van der Waals surface area (Å²) in [6.07, 6.45) is 0. The van der Waals surface area contributed by atoms with E-state index in [-0.39, 0.29) is 9.92 Å². The van der Waals surface area contributed by atoms with Crippen LogP contribution in [0.4, 0.5) is 0 Å². The van der Waals surface area contributed by atoms with Crippen molar-refractivity contribution in [2.24, 2.45) is 0 Å². The van der Waals surface area contributed by atoms with E-state index in [1.807, 2.05) is 0 Å². The van der Waals surface area contributed by atoms with Gasteiger partial charge >= 0.3 is 0 Å². The Balaban J connectivity index is 2.34. The van der Waals surface area contributed by atoms with E-state index in [0.29, 0.717) is 0 Å². The van der Waals surface area contributed by atoms with Crippen LogP contribution in [0.3, 0.4) is 0 Å². The fraction of sp³-hybridized carbons (Fsp3) is 1.00. The summed E-state index contributed by atoms with van der Waals surface area (Å²) in [5.74, 6) is 0. The van der Waals surface area contributed by atoms with Crippen LogP contribution in [0, 0.1) is 0 Å². The molecule has 0 heterocycles. The molecule has 0 spiro atoms. The molecular formula is C2H11NOSi2. The minimum absolute atomic E-state index is 0.267. The van der Waals surface area contributed by atoms with Crippen LogP contribution in [0.2, 0.25) is 0 Å². The van der Waals surface area contributed by atoms with Gasteiger partial charge in [0.2, 0.25) is 9.92 Å². The lowest BCUT2D eigenvalue weighted by Crippen LogP contribution is -2.19. The molecule has 0 aromatic heterocycles. The van der Waals surface area contributed by atoms with Gasteiger partial charge in [0.25, 0.3) is 0 Å². The summed E-state index contributed by atoms with van der Waals surface area (Å²) >= 11 is 0. The molecule has 0 atom stereocenters. The summed E-state index contributed by atoms with van der Waals surface area (Å²) in [5.41, 5.74) is 0. The zero-order valence-electron chi connectivity index (χ0n) is 4.32. The van der Waals surface area contributed by atoms with Crippen molar-refractivity contribution >= 4 is 20.4 Å². The first-order chi connectivity index (χ1) is 2.91. The van der Waals surface area contributed by atoms with Gasteiger partial charge in [0.1, 0.15) is 10.5 Å². The van der Waals surface area contributed by atoms with Gasteiger partial charge in [0.15, 0.2) is 0 Å². The van der Waals surface area contributed by atoms with Gasteiger partial charge in [0, 0.05) is 0 Å². The molecule has 0 rings (SSSR count). The van der Waals surface area contributed by atoms with E-state index in [2.05, 4.69) is 11.9 Å². The maximum atomic E-state index is 4.95. The van der Waals surface area contributed by atoms with Gasteiger partial charge in [-0.15, -0.1) is 0 Å². The lowest BCUT2D eigenvalue weighted by atomic mass is 10.8. The molecule has 0 amide bonds. The zero-order valence-corrected chi connectivity index (χ0v) is 7.74. The molecule has 6 heavy (non-hydrogen) atoms. The number of hydrogen-bond acceptors (Lipinski definition) is 2. The van der Waals surface area contributed by atoms with Gasteiger partial charge in [-0.25, -0.2) is 0 Å². The lowest BCUT2D eigenvalue weighted by molar-refractivity contribution is 0.640. The van der Waals surface area contributed by atoms with Gasteiger partial charge in [0.05, 0.1) is 0 Å². The predicted octanol–water partition coefficient (Wildman–Crippen LogP) is -2.11. The quantitative estimate of drug-likeness (QED) is 0.341. The molecule has 0 saturated heterocycles. The van der Waals surface area contributed by atoms with Crippen LogP contribution in [-0.4, -0.2) is 27.0 Å². The smallest absolute Gasteiger partial charge is 0.223 e. The Morgan fingerprint density at radius 3 is 2.83 bits per heavy atom. The molecule has 0 fully saturated rings.